The SMILES string of the molecule is C=CC(/C=C/C(=O)Nc1sc2c(c1C#N)CCC(OC(=O)OCc1ccccn1)C2)=C\N=C. The van der Waals surface area contributed by atoms with Gasteiger partial charge in [0.05, 0.1) is 11.3 Å². The summed E-state index contributed by atoms with van der Waals surface area (Å²) in [5.41, 5.74) is 2.58. The van der Waals surface area contributed by atoms with E-state index < -0.39 is 6.16 Å². The molecule has 168 valence electrons. The van der Waals surface area contributed by atoms with E-state index >= 15 is 0 Å². The fraction of sp³-hybridized carbons (Fsp3) is 0.208. The Kier molecular flexibility index (Phi) is 8.27. The number of thiophene rings is 1. The van der Waals surface area contributed by atoms with Gasteiger partial charge in [0, 0.05) is 29.8 Å². The minimum atomic E-state index is -0.759. The number of hydrogen-bond donors (Lipinski definition) is 1. The first-order valence-corrected chi connectivity index (χ1v) is 10.9. The molecule has 0 saturated heterocycles. The van der Waals surface area contributed by atoms with Crippen molar-refractivity contribution in [3.05, 3.63) is 82.7 Å². The number of carbonyl (C=O) groups is 2. The van der Waals surface area contributed by atoms with Crippen molar-refractivity contribution in [2.75, 3.05) is 5.32 Å². The van der Waals surface area contributed by atoms with E-state index in [9.17, 15) is 14.9 Å². The third kappa shape index (κ3) is 6.48. The van der Waals surface area contributed by atoms with Crippen LogP contribution in [0, 0.1) is 11.3 Å². The second kappa shape index (κ2) is 11.5. The first-order valence-electron chi connectivity index (χ1n) is 10.1. The Hall–Kier alpha value is -4.03. The summed E-state index contributed by atoms with van der Waals surface area (Å²) in [6.07, 6.45) is 7.98. The molecular formula is C24H22N4O4S. The van der Waals surface area contributed by atoms with E-state index in [1.165, 1.54) is 23.6 Å². The van der Waals surface area contributed by atoms with Crippen molar-refractivity contribution in [1.29, 1.82) is 5.26 Å². The van der Waals surface area contributed by atoms with Gasteiger partial charge in [-0.3, -0.25) is 14.8 Å². The molecule has 2 aromatic heterocycles. The van der Waals surface area contributed by atoms with Crippen molar-refractivity contribution in [3.8, 4) is 6.07 Å². The van der Waals surface area contributed by atoms with Gasteiger partial charge in [-0.2, -0.15) is 5.26 Å². The van der Waals surface area contributed by atoms with Gasteiger partial charge in [0.15, 0.2) is 0 Å². The quantitative estimate of drug-likeness (QED) is 0.268. The molecule has 0 fully saturated rings. The van der Waals surface area contributed by atoms with Crippen LogP contribution in [0.3, 0.4) is 0 Å². The van der Waals surface area contributed by atoms with E-state index in [0.717, 1.165) is 10.4 Å². The van der Waals surface area contributed by atoms with Gasteiger partial charge in [-0.25, -0.2) is 4.79 Å². The number of rotatable bonds is 8. The number of aromatic nitrogens is 1. The summed E-state index contributed by atoms with van der Waals surface area (Å²) >= 11 is 1.31. The van der Waals surface area contributed by atoms with Crippen molar-refractivity contribution in [1.82, 2.24) is 4.98 Å². The molecule has 1 unspecified atom stereocenters. The Labute approximate surface area is 195 Å². The molecule has 9 heteroatoms. The molecule has 1 atom stereocenters. The number of aliphatic imine (C=N–C) groups is 1. The van der Waals surface area contributed by atoms with E-state index in [1.807, 2.05) is 6.07 Å². The first kappa shape index (κ1) is 23.6. The maximum atomic E-state index is 12.3. The lowest BCUT2D eigenvalue weighted by atomic mass is 9.94. The first-order chi connectivity index (χ1) is 16.0. The van der Waals surface area contributed by atoms with Crippen LogP contribution in [0.15, 0.2) is 66.0 Å². The molecule has 0 aliphatic heterocycles. The topological polar surface area (TPSA) is 114 Å². The average molecular weight is 463 g/mol. The lowest BCUT2D eigenvalue weighted by Gasteiger charge is -2.21. The summed E-state index contributed by atoms with van der Waals surface area (Å²) in [7, 11) is 0. The summed E-state index contributed by atoms with van der Waals surface area (Å²) in [4.78, 5) is 33.0. The van der Waals surface area contributed by atoms with E-state index in [1.54, 1.807) is 30.5 Å². The Morgan fingerprint density at radius 3 is 2.94 bits per heavy atom. The van der Waals surface area contributed by atoms with E-state index in [0.29, 0.717) is 41.1 Å². The van der Waals surface area contributed by atoms with Gasteiger partial charge >= 0.3 is 6.16 Å². The summed E-state index contributed by atoms with van der Waals surface area (Å²) in [5.74, 6) is -0.382. The molecule has 0 spiro atoms. The number of nitrogens with zero attached hydrogens (tertiary/aromatic N) is 3. The van der Waals surface area contributed by atoms with Crippen LogP contribution in [0.5, 0.6) is 0 Å². The number of allylic oxidation sites excluding steroid dienone is 3. The fourth-order valence-electron chi connectivity index (χ4n) is 3.24. The smallest absolute Gasteiger partial charge is 0.431 e. The van der Waals surface area contributed by atoms with Gasteiger partial charge < -0.3 is 14.8 Å². The largest absolute Gasteiger partial charge is 0.508 e. The second-order valence-electron chi connectivity index (χ2n) is 7.00. The van der Waals surface area contributed by atoms with Crippen LogP contribution >= 0.6 is 11.3 Å². The monoisotopic (exact) mass is 462 g/mol. The summed E-state index contributed by atoms with van der Waals surface area (Å²) < 4.78 is 10.6. The maximum Gasteiger partial charge on any atom is 0.508 e. The average Bonchev–Trinajstić information content (AvgIpc) is 3.17. The van der Waals surface area contributed by atoms with Gasteiger partial charge in [-0.15, -0.1) is 11.3 Å². The molecule has 8 nitrogen and oxygen atoms in total. The maximum absolute atomic E-state index is 12.3. The normalized spacial score (nSPS) is 15.2. The van der Waals surface area contributed by atoms with Gasteiger partial charge in [-0.05, 0) is 48.9 Å². The third-order valence-corrected chi connectivity index (χ3v) is 5.97. The number of nitriles is 1. The van der Waals surface area contributed by atoms with Crippen molar-refractivity contribution in [2.24, 2.45) is 4.99 Å². The van der Waals surface area contributed by atoms with Crippen LogP contribution < -0.4 is 5.32 Å². The Bertz CT molecular complexity index is 1150. The zero-order valence-corrected chi connectivity index (χ0v) is 18.6. The molecular weight excluding hydrogens is 440 g/mol. The van der Waals surface area contributed by atoms with E-state index in [4.69, 9.17) is 9.47 Å². The molecule has 1 N–H and O–H groups in total. The molecule has 1 aliphatic carbocycles. The molecule has 2 heterocycles. The molecule has 2 aromatic rings. The Morgan fingerprint density at radius 2 is 2.24 bits per heavy atom. The van der Waals surface area contributed by atoms with Gasteiger partial charge in [-0.1, -0.05) is 18.7 Å². The Morgan fingerprint density at radius 1 is 1.39 bits per heavy atom. The number of hydrogen-bond acceptors (Lipinski definition) is 8. The standard InChI is InChI=1S/C24H22N4O4S/c1-3-16(14-26-2)7-10-22(29)28-23-20(13-25)19-9-8-18(12-21(19)33-23)32-24(30)31-15-17-6-4-5-11-27-17/h3-7,10-11,14,18H,1-2,8-9,12,15H2,(H,28,29)/b10-7+,16-14+. The van der Waals surface area contributed by atoms with Crippen LogP contribution in [-0.2, 0) is 33.7 Å². The second-order valence-corrected chi connectivity index (χ2v) is 8.11. The summed E-state index contributed by atoms with van der Waals surface area (Å²) in [6, 6.07) is 7.52. The number of carbonyl (C=O) groups excluding carboxylic acids is 2. The van der Waals surface area contributed by atoms with Crippen molar-refractivity contribution < 1.29 is 19.1 Å². The lowest BCUT2D eigenvalue weighted by Crippen LogP contribution is -2.25. The zero-order chi connectivity index (χ0) is 23.6. The number of nitrogens with one attached hydrogen (secondary N) is 1. The molecule has 0 saturated carbocycles. The van der Waals surface area contributed by atoms with Crippen LogP contribution in [0.4, 0.5) is 9.80 Å². The van der Waals surface area contributed by atoms with Gasteiger partial charge in [0.1, 0.15) is 23.8 Å². The van der Waals surface area contributed by atoms with Gasteiger partial charge in [0.25, 0.3) is 0 Å². The number of fused-ring (bicyclic) bond motifs is 1. The third-order valence-electron chi connectivity index (χ3n) is 4.80. The highest BCUT2D eigenvalue weighted by Crippen LogP contribution is 2.38. The van der Waals surface area contributed by atoms with Gasteiger partial charge in [0.2, 0.25) is 5.91 Å². The number of pyridine rings is 1. The van der Waals surface area contributed by atoms with Crippen molar-refractivity contribution in [2.45, 2.75) is 32.0 Å². The molecule has 0 radical (unpaired) electrons. The summed E-state index contributed by atoms with van der Waals surface area (Å²) in [6.45, 7) is 7.04. The number of ether oxygens (including phenoxy) is 2. The van der Waals surface area contributed by atoms with Crippen LogP contribution in [0.2, 0.25) is 0 Å². The lowest BCUT2D eigenvalue weighted by molar-refractivity contribution is -0.111. The fourth-order valence-corrected chi connectivity index (χ4v) is 4.51. The highest BCUT2D eigenvalue weighted by atomic mass is 32.1. The summed E-state index contributed by atoms with van der Waals surface area (Å²) in [5, 5.41) is 12.9. The zero-order valence-electron chi connectivity index (χ0n) is 17.8. The molecule has 33 heavy (non-hydrogen) atoms. The molecule has 0 bridgehead atoms. The number of anilines is 1. The molecule has 1 amide bonds. The van der Waals surface area contributed by atoms with Crippen LogP contribution in [-0.4, -0.2) is 29.9 Å². The van der Waals surface area contributed by atoms with Crippen LogP contribution in [0.1, 0.15) is 28.1 Å². The molecule has 0 aromatic carbocycles. The number of amides is 1. The Balaban J connectivity index is 1.61. The minimum Gasteiger partial charge on any atom is -0.431 e. The molecule has 1 aliphatic rings. The van der Waals surface area contributed by atoms with Crippen molar-refractivity contribution >= 4 is 35.1 Å². The van der Waals surface area contributed by atoms with E-state index in [-0.39, 0.29) is 18.6 Å². The minimum absolute atomic E-state index is 0.0323. The van der Waals surface area contributed by atoms with Crippen molar-refractivity contribution in [3.63, 3.8) is 0 Å². The highest BCUT2D eigenvalue weighted by molar-refractivity contribution is 7.16. The molecule has 3 rings (SSSR count). The van der Waals surface area contributed by atoms with Crippen LogP contribution in [0.25, 0.3) is 0 Å². The highest BCUT2D eigenvalue weighted by Gasteiger charge is 2.28. The van der Waals surface area contributed by atoms with E-state index in [2.05, 4.69) is 34.7 Å². The predicted molar refractivity (Wildman–Crippen MR) is 126 cm³/mol. The predicted octanol–water partition coefficient (Wildman–Crippen LogP) is 4.49.